The number of guanidine groups is 1. The summed E-state index contributed by atoms with van der Waals surface area (Å²) in [6.45, 7) is 3.67. The van der Waals surface area contributed by atoms with E-state index in [9.17, 15) is 0 Å². The van der Waals surface area contributed by atoms with E-state index in [1.54, 1.807) is 21.3 Å². The Morgan fingerprint density at radius 1 is 1.08 bits per heavy atom. The highest BCUT2D eigenvalue weighted by Gasteiger charge is 2.03. The summed E-state index contributed by atoms with van der Waals surface area (Å²) in [5.74, 6) is 1.57. The van der Waals surface area contributed by atoms with Crippen molar-refractivity contribution < 1.29 is 14.2 Å². The summed E-state index contributed by atoms with van der Waals surface area (Å²) in [4.78, 5) is 4.22. The summed E-state index contributed by atoms with van der Waals surface area (Å²) in [6, 6.07) is 5.74. The first-order valence-electron chi connectivity index (χ1n) is 8.55. The standard InChI is InChI=1S/C18H30ClN3O3/c1-20-18(21-9-4-5-11-25-13-12-23-2)22-10-8-15-6-7-16(24-3)14-17(15)19/h6-7,14H,4-5,8-13H2,1-3H3,(H2,20,21,22). The maximum Gasteiger partial charge on any atom is 0.190 e. The minimum Gasteiger partial charge on any atom is -0.497 e. The zero-order chi connectivity index (χ0) is 18.3. The highest BCUT2D eigenvalue weighted by Crippen LogP contribution is 2.22. The molecule has 1 aromatic carbocycles. The lowest BCUT2D eigenvalue weighted by Gasteiger charge is -2.12. The molecule has 0 aliphatic carbocycles. The van der Waals surface area contributed by atoms with Gasteiger partial charge in [-0.25, -0.2) is 0 Å². The lowest BCUT2D eigenvalue weighted by Crippen LogP contribution is -2.38. The summed E-state index contributed by atoms with van der Waals surface area (Å²) < 4.78 is 15.5. The first-order valence-corrected chi connectivity index (χ1v) is 8.92. The zero-order valence-electron chi connectivity index (χ0n) is 15.4. The van der Waals surface area contributed by atoms with Crippen molar-refractivity contribution in [3.63, 3.8) is 0 Å². The normalized spacial score (nSPS) is 11.4. The highest BCUT2D eigenvalue weighted by atomic mass is 35.5. The van der Waals surface area contributed by atoms with Gasteiger partial charge in [0.05, 0.1) is 20.3 Å². The summed E-state index contributed by atoms with van der Waals surface area (Å²) in [7, 11) is 5.08. The third-order valence-corrected chi connectivity index (χ3v) is 3.96. The predicted octanol–water partition coefficient (Wildman–Crippen LogP) is 2.50. The number of halogens is 1. The van der Waals surface area contributed by atoms with Crippen molar-refractivity contribution in [1.82, 2.24) is 10.6 Å². The van der Waals surface area contributed by atoms with Gasteiger partial charge in [0.15, 0.2) is 5.96 Å². The first-order chi connectivity index (χ1) is 12.2. The Hall–Kier alpha value is -1.50. The van der Waals surface area contributed by atoms with Gasteiger partial charge in [0, 0.05) is 38.9 Å². The molecule has 142 valence electrons. The number of benzene rings is 1. The molecule has 0 amide bonds. The molecule has 1 aromatic rings. The summed E-state index contributed by atoms with van der Waals surface area (Å²) >= 11 is 6.25. The van der Waals surface area contributed by atoms with Crippen molar-refractivity contribution in [2.45, 2.75) is 19.3 Å². The van der Waals surface area contributed by atoms with Gasteiger partial charge in [-0.1, -0.05) is 17.7 Å². The molecule has 0 spiro atoms. The number of hydrogen-bond donors (Lipinski definition) is 2. The lowest BCUT2D eigenvalue weighted by atomic mass is 10.1. The van der Waals surface area contributed by atoms with Crippen LogP contribution in [0.3, 0.4) is 0 Å². The summed E-state index contributed by atoms with van der Waals surface area (Å²) in [5.41, 5.74) is 1.08. The van der Waals surface area contributed by atoms with Crippen molar-refractivity contribution in [2.24, 2.45) is 4.99 Å². The Morgan fingerprint density at radius 3 is 2.56 bits per heavy atom. The van der Waals surface area contributed by atoms with Crippen LogP contribution in [0.4, 0.5) is 0 Å². The monoisotopic (exact) mass is 371 g/mol. The van der Waals surface area contributed by atoms with Gasteiger partial charge in [-0.15, -0.1) is 0 Å². The number of nitrogens with one attached hydrogen (secondary N) is 2. The van der Waals surface area contributed by atoms with Crippen LogP contribution in [0.1, 0.15) is 18.4 Å². The van der Waals surface area contributed by atoms with E-state index in [0.717, 1.165) is 61.3 Å². The molecule has 25 heavy (non-hydrogen) atoms. The molecule has 7 heteroatoms. The second-order valence-electron chi connectivity index (χ2n) is 5.45. The van der Waals surface area contributed by atoms with Crippen LogP contribution in [0.5, 0.6) is 5.75 Å². The second-order valence-corrected chi connectivity index (χ2v) is 5.85. The number of aliphatic imine (C=N–C) groups is 1. The molecule has 1 rings (SSSR count). The molecular formula is C18H30ClN3O3. The van der Waals surface area contributed by atoms with E-state index in [1.165, 1.54) is 0 Å². The van der Waals surface area contributed by atoms with E-state index in [4.69, 9.17) is 25.8 Å². The molecule has 0 radical (unpaired) electrons. The molecule has 0 saturated heterocycles. The molecule has 6 nitrogen and oxygen atoms in total. The molecule has 0 unspecified atom stereocenters. The van der Waals surface area contributed by atoms with Crippen LogP contribution >= 0.6 is 11.6 Å². The number of nitrogens with zero attached hydrogens (tertiary/aromatic N) is 1. The number of methoxy groups -OCH3 is 2. The van der Waals surface area contributed by atoms with Crippen LogP contribution in [-0.4, -0.2) is 60.1 Å². The van der Waals surface area contributed by atoms with Gasteiger partial charge in [-0.05, 0) is 37.0 Å². The van der Waals surface area contributed by atoms with Crippen molar-refractivity contribution in [3.05, 3.63) is 28.8 Å². The predicted molar refractivity (Wildman–Crippen MR) is 103 cm³/mol. The minimum atomic E-state index is 0.646. The van der Waals surface area contributed by atoms with E-state index in [-0.39, 0.29) is 0 Å². The Labute approximate surface area is 155 Å². The summed E-state index contributed by atoms with van der Waals surface area (Å²) in [6.07, 6.45) is 2.85. The van der Waals surface area contributed by atoms with Crippen LogP contribution in [0, 0.1) is 0 Å². The van der Waals surface area contributed by atoms with Gasteiger partial charge in [0.1, 0.15) is 5.75 Å². The molecule has 0 heterocycles. The Kier molecular flexibility index (Phi) is 11.9. The van der Waals surface area contributed by atoms with Crippen LogP contribution in [-0.2, 0) is 15.9 Å². The van der Waals surface area contributed by atoms with Gasteiger partial charge in [0.25, 0.3) is 0 Å². The third-order valence-electron chi connectivity index (χ3n) is 3.61. The maximum absolute atomic E-state index is 6.25. The van der Waals surface area contributed by atoms with Crippen LogP contribution in [0.15, 0.2) is 23.2 Å². The van der Waals surface area contributed by atoms with Crippen molar-refractivity contribution in [1.29, 1.82) is 0 Å². The van der Waals surface area contributed by atoms with E-state index in [0.29, 0.717) is 13.2 Å². The van der Waals surface area contributed by atoms with Crippen molar-refractivity contribution in [3.8, 4) is 5.75 Å². The van der Waals surface area contributed by atoms with Crippen molar-refractivity contribution >= 4 is 17.6 Å². The molecule has 0 aromatic heterocycles. The maximum atomic E-state index is 6.25. The van der Waals surface area contributed by atoms with Crippen molar-refractivity contribution in [2.75, 3.05) is 54.2 Å². The number of rotatable bonds is 12. The van der Waals surface area contributed by atoms with Gasteiger partial charge in [0.2, 0.25) is 0 Å². The van der Waals surface area contributed by atoms with E-state index in [2.05, 4.69) is 15.6 Å². The van der Waals surface area contributed by atoms with Gasteiger partial charge in [-0.3, -0.25) is 4.99 Å². The molecule has 0 fully saturated rings. The minimum absolute atomic E-state index is 0.646. The molecule has 0 atom stereocenters. The molecule has 0 aliphatic rings. The first kappa shape index (κ1) is 21.5. The fourth-order valence-electron chi connectivity index (χ4n) is 2.17. The molecule has 0 bridgehead atoms. The number of unbranched alkanes of at least 4 members (excludes halogenated alkanes) is 1. The zero-order valence-corrected chi connectivity index (χ0v) is 16.2. The Morgan fingerprint density at radius 2 is 1.88 bits per heavy atom. The highest BCUT2D eigenvalue weighted by molar-refractivity contribution is 6.31. The fourth-order valence-corrected chi connectivity index (χ4v) is 2.44. The smallest absolute Gasteiger partial charge is 0.190 e. The topological polar surface area (TPSA) is 64.1 Å². The van der Waals surface area contributed by atoms with Gasteiger partial charge < -0.3 is 24.8 Å². The lowest BCUT2D eigenvalue weighted by molar-refractivity contribution is 0.0689. The summed E-state index contributed by atoms with van der Waals surface area (Å²) in [5, 5.41) is 7.31. The number of hydrogen-bond acceptors (Lipinski definition) is 4. The van der Waals surface area contributed by atoms with E-state index < -0.39 is 0 Å². The third kappa shape index (κ3) is 9.53. The molecular weight excluding hydrogens is 342 g/mol. The molecule has 0 saturated carbocycles. The average molecular weight is 372 g/mol. The fraction of sp³-hybridized carbons (Fsp3) is 0.611. The van der Waals surface area contributed by atoms with Gasteiger partial charge >= 0.3 is 0 Å². The van der Waals surface area contributed by atoms with Gasteiger partial charge in [-0.2, -0.15) is 0 Å². The largest absolute Gasteiger partial charge is 0.497 e. The van der Waals surface area contributed by atoms with Crippen LogP contribution in [0.2, 0.25) is 5.02 Å². The Bertz CT molecular complexity index is 512. The quantitative estimate of drug-likeness (QED) is 0.336. The van der Waals surface area contributed by atoms with Crippen LogP contribution in [0.25, 0.3) is 0 Å². The van der Waals surface area contributed by atoms with Crippen LogP contribution < -0.4 is 15.4 Å². The average Bonchev–Trinajstić information content (AvgIpc) is 2.63. The van der Waals surface area contributed by atoms with E-state index in [1.807, 2.05) is 18.2 Å². The van der Waals surface area contributed by atoms with E-state index >= 15 is 0 Å². The number of ether oxygens (including phenoxy) is 3. The second kappa shape index (κ2) is 13.8. The SMILES string of the molecule is CN=C(NCCCCOCCOC)NCCc1ccc(OC)cc1Cl. The Balaban J connectivity index is 2.16. The molecule has 2 N–H and O–H groups in total. The molecule has 0 aliphatic heterocycles.